The number of rotatable bonds is 0. The monoisotopic (exact) mass is 135 g/mol. The Kier molecular flexibility index (Phi) is 1.01. The maximum absolute atomic E-state index is 12.7. The number of fused-ring (bicyclic) bond motifs is 1. The van der Waals surface area contributed by atoms with Gasteiger partial charge >= 0.3 is 0 Å². The van der Waals surface area contributed by atoms with E-state index < -0.39 is 0 Å². The van der Waals surface area contributed by atoms with Crippen LogP contribution in [0, 0.1) is 12.1 Å². The van der Waals surface area contributed by atoms with Gasteiger partial charge in [0.05, 0.1) is 5.39 Å². The molecule has 2 aromatic rings. The molecule has 0 atom stereocenters. The Balaban J connectivity index is 2.95. The van der Waals surface area contributed by atoms with Crippen molar-refractivity contribution in [3.63, 3.8) is 0 Å². The van der Waals surface area contributed by atoms with Crippen LogP contribution in [0.5, 0.6) is 0 Å². The van der Waals surface area contributed by atoms with Gasteiger partial charge in [-0.25, -0.2) is 4.39 Å². The van der Waals surface area contributed by atoms with Crippen LogP contribution in [0.3, 0.4) is 0 Å². The summed E-state index contributed by atoms with van der Waals surface area (Å²) in [5.74, 6) is -0.262. The van der Waals surface area contributed by atoms with Gasteiger partial charge in [-0.05, 0) is 6.07 Å². The molecule has 0 amide bonds. The van der Waals surface area contributed by atoms with E-state index >= 15 is 0 Å². The summed E-state index contributed by atoms with van der Waals surface area (Å²) in [5, 5.41) is 1.17. The van der Waals surface area contributed by atoms with Crippen LogP contribution in [0.4, 0.5) is 4.39 Å². The molecule has 1 heterocycles. The molecule has 1 aromatic carbocycles. The third-order valence-electron chi connectivity index (χ3n) is 1.40. The highest BCUT2D eigenvalue weighted by Gasteiger charge is 1.99. The normalized spacial score (nSPS) is 10.5. The van der Waals surface area contributed by atoms with Crippen molar-refractivity contribution >= 4 is 10.8 Å². The predicted octanol–water partition coefficient (Wildman–Crippen LogP) is 2.37. The number of halogens is 1. The largest absolute Gasteiger partial charge is 0.460 e. The lowest BCUT2D eigenvalue weighted by Gasteiger charge is -1.86. The van der Waals surface area contributed by atoms with Crippen LogP contribution >= 0.6 is 0 Å². The lowest BCUT2D eigenvalue weighted by atomic mass is 10.2. The molecule has 0 spiro atoms. The van der Waals surface area contributed by atoms with Gasteiger partial charge < -0.3 is 4.42 Å². The highest BCUT2D eigenvalue weighted by atomic mass is 19.1. The molecule has 0 aliphatic heterocycles. The summed E-state index contributed by atoms with van der Waals surface area (Å²) >= 11 is 0. The van der Waals surface area contributed by atoms with E-state index in [0.29, 0.717) is 10.8 Å². The lowest BCUT2D eigenvalue weighted by molar-refractivity contribution is 0.560. The van der Waals surface area contributed by atoms with Gasteiger partial charge in [-0.2, -0.15) is 0 Å². The first-order chi connectivity index (χ1) is 4.88. The minimum Gasteiger partial charge on any atom is -0.460 e. The molecule has 2 heteroatoms. The number of hydrogen-bond acceptors (Lipinski definition) is 1. The molecule has 0 aliphatic carbocycles. The van der Waals surface area contributed by atoms with Crippen LogP contribution < -0.4 is 0 Å². The zero-order valence-electron chi connectivity index (χ0n) is 5.10. The van der Waals surface area contributed by atoms with Gasteiger partial charge in [-0.3, -0.25) is 0 Å². The van der Waals surface area contributed by atoms with Crippen molar-refractivity contribution in [2.45, 2.75) is 0 Å². The minimum atomic E-state index is -0.262. The van der Waals surface area contributed by atoms with Gasteiger partial charge in [0.15, 0.2) is 6.26 Å². The van der Waals surface area contributed by atoms with Crippen LogP contribution in [0.1, 0.15) is 0 Å². The second-order valence-corrected chi connectivity index (χ2v) is 2.04. The van der Waals surface area contributed by atoms with Crippen molar-refractivity contribution in [2.24, 2.45) is 0 Å². The highest BCUT2D eigenvalue weighted by Crippen LogP contribution is 2.16. The van der Waals surface area contributed by atoms with Crippen LogP contribution in [0.15, 0.2) is 28.9 Å². The fourth-order valence-electron chi connectivity index (χ4n) is 0.898. The second kappa shape index (κ2) is 1.84. The maximum Gasteiger partial charge on any atom is 0.177 e. The van der Waals surface area contributed by atoms with Crippen molar-refractivity contribution in [3.8, 4) is 0 Å². The Bertz CT molecular complexity index is 351. The van der Waals surface area contributed by atoms with E-state index in [2.05, 4.69) is 10.7 Å². The van der Waals surface area contributed by atoms with Crippen LogP contribution in [0.2, 0.25) is 0 Å². The molecule has 1 radical (unpaired) electrons. The molecular weight excluding hydrogens is 131 g/mol. The zero-order chi connectivity index (χ0) is 6.97. The summed E-state index contributed by atoms with van der Waals surface area (Å²) in [4.78, 5) is 0. The first-order valence-corrected chi connectivity index (χ1v) is 2.91. The number of furan rings is 1. The molecule has 0 aliphatic rings. The number of hydrogen-bond donors (Lipinski definition) is 0. The second-order valence-electron chi connectivity index (χ2n) is 2.04. The van der Waals surface area contributed by atoms with E-state index in [1.54, 1.807) is 12.1 Å². The van der Waals surface area contributed by atoms with Gasteiger partial charge in [0.1, 0.15) is 12.1 Å². The van der Waals surface area contributed by atoms with E-state index in [4.69, 9.17) is 0 Å². The number of benzene rings is 1. The van der Waals surface area contributed by atoms with Crippen LogP contribution in [0.25, 0.3) is 10.8 Å². The highest BCUT2D eigenvalue weighted by molar-refractivity contribution is 5.80. The summed E-state index contributed by atoms with van der Waals surface area (Å²) in [7, 11) is 0. The van der Waals surface area contributed by atoms with Gasteiger partial charge in [0.2, 0.25) is 0 Å². The van der Waals surface area contributed by atoms with E-state index in [1.165, 1.54) is 12.3 Å². The first kappa shape index (κ1) is 5.47. The molecule has 1 aromatic heterocycles. The van der Waals surface area contributed by atoms with Crippen LogP contribution in [-0.2, 0) is 0 Å². The molecule has 0 bridgehead atoms. The van der Waals surface area contributed by atoms with Crippen molar-refractivity contribution in [1.82, 2.24) is 0 Å². The SMILES string of the molecule is Fc1cccc2[c]occ12. The van der Waals surface area contributed by atoms with Crippen molar-refractivity contribution in [2.75, 3.05) is 0 Å². The van der Waals surface area contributed by atoms with Gasteiger partial charge in [-0.1, -0.05) is 12.1 Å². The van der Waals surface area contributed by atoms with E-state index in [1.807, 2.05) is 0 Å². The van der Waals surface area contributed by atoms with Crippen molar-refractivity contribution < 1.29 is 8.81 Å². The smallest absolute Gasteiger partial charge is 0.177 e. The zero-order valence-corrected chi connectivity index (χ0v) is 5.10. The van der Waals surface area contributed by atoms with E-state index in [9.17, 15) is 4.39 Å². The third-order valence-corrected chi connectivity index (χ3v) is 1.40. The summed E-state index contributed by atoms with van der Waals surface area (Å²) in [6.07, 6.45) is 3.90. The third kappa shape index (κ3) is 0.620. The summed E-state index contributed by atoms with van der Waals surface area (Å²) in [5.41, 5.74) is 0. The average molecular weight is 135 g/mol. The fraction of sp³-hybridized carbons (Fsp3) is 0. The van der Waals surface area contributed by atoms with Gasteiger partial charge in [-0.15, -0.1) is 0 Å². The molecule has 0 unspecified atom stereocenters. The van der Waals surface area contributed by atoms with Crippen molar-refractivity contribution in [3.05, 3.63) is 36.5 Å². The summed E-state index contributed by atoms with van der Waals surface area (Å²) < 4.78 is 17.4. The Morgan fingerprint density at radius 3 is 3.10 bits per heavy atom. The average Bonchev–Trinajstić information content (AvgIpc) is 2.36. The maximum atomic E-state index is 12.7. The summed E-state index contributed by atoms with van der Waals surface area (Å²) in [6, 6.07) is 4.78. The van der Waals surface area contributed by atoms with E-state index in [0.717, 1.165) is 0 Å². The Morgan fingerprint density at radius 2 is 2.30 bits per heavy atom. The molecular formula is C8H4FO. The fourth-order valence-corrected chi connectivity index (χ4v) is 0.898. The first-order valence-electron chi connectivity index (χ1n) is 2.91. The molecule has 49 valence electrons. The van der Waals surface area contributed by atoms with Gasteiger partial charge in [0, 0.05) is 5.39 Å². The Labute approximate surface area is 57.1 Å². The molecule has 2 rings (SSSR count). The van der Waals surface area contributed by atoms with E-state index in [-0.39, 0.29) is 5.82 Å². The Morgan fingerprint density at radius 1 is 1.40 bits per heavy atom. The minimum absolute atomic E-state index is 0.262. The molecule has 0 saturated heterocycles. The van der Waals surface area contributed by atoms with Crippen LogP contribution in [-0.4, -0.2) is 0 Å². The lowest BCUT2D eigenvalue weighted by Crippen LogP contribution is -1.70. The topological polar surface area (TPSA) is 13.1 Å². The quantitative estimate of drug-likeness (QED) is 0.540. The van der Waals surface area contributed by atoms with Gasteiger partial charge in [0.25, 0.3) is 0 Å². The molecule has 10 heavy (non-hydrogen) atoms. The van der Waals surface area contributed by atoms with Crippen molar-refractivity contribution in [1.29, 1.82) is 0 Å². The molecule has 1 nitrogen and oxygen atoms in total. The molecule has 0 fully saturated rings. The Hall–Kier alpha value is -1.31. The standard InChI is InChI=1S/C8H4FO/c9-8-3-1-2-6-4-10-5-7(6)8/h1-3,5H. The molecule has 0 N–H and O–H groups in total. The predicted molar refractivity (Wildman–Crippen MR) is 35.0 cm³/mol. The summed E-state index contributed by atoms with van der Waals surface area (Å²) in [6.45, 7) is 0. The molecule has 0 saturated carbocycles.